The molecular formula is C11H6FN3. The van der Waals surface area contributed by atoms with Crippen LogP contribution in [0.3, 0.4) is 0 Å². The molecule has 4 heteroatoms. The maximum Gasteiger partial charge on any atom is 0.163 e. The SMILES string of the molecule is N#Cc1cccc(F)c1-c1ncccn1. The predicted octanol–water partition coefficient (Wildman–Crippen LogP) is 2.15. The molecule has 3 nitrogen and oxygen atoms in total. The first-order valence-corrected chi connectivity index (χ1v) is 4.29. The number of aromatic nitrogens is 2. The lowest BCUT2D eigenvalue weighted by molar-refractivity contribution is 0.629. The van der Waals surface area contributed by atoms with Gasteiger partial charge in [-0.25, -0.2) is 14.4 Å². The van der Waals surface area contributed by atoms with Crippen LogP contribution in [0.4, 0.5) is 4.39 Å². The maximum absolute atomic E-state index is 13.5. The number of nitriles is 1. The van der Waals surface area contributed by atoms with Crippen LogP contribution in [0.15, 0.2) is 36.7 Å². The van der Waals surface area contributed by atoms with E-state index in [1.165, 1.54) is 30.6 Å². The Hall–Kier alpha value is -2.28. The third-order valence-electron chi connectivity index (χ3n) is 1.92. The molecule has 0 unspecified atom stereocenters. The summed E-state index contributed by atoms with van der Waals surface area (Å²) in [5.74, 6) is -0.257. The first-order valence-electron chi connectivity index (χ1n) is 4.29. The van der Waals surface area contributed by atoms with Crippen molar-refractivity contribution in [3.05, 3.63) is 48.0 Å². The number of rotatable bonds is 1. The largest absolute Gasteiger partial charge is 0.236 e. The van der Waals surface area contributed by atoms with Gasteiger partial charge in [-0.3, -0.25) is 0 Å². The maximum atomic E-state index is 13.5. The van der Waals surface area contributed by atoms with Crippen molar-refractivity contribution in [2.75, 3.05) is 0 Å². The molecule has 0 saturated carbocycles. The second-order valence-corrected chi connectivity index (χ2v) is 2.85. The minimum absolute atomic E-state index is 0.153. The van der Waals surface area contributed by atoms with Gasteiger partial charge in [-0.15, -0.1) is 0 Å². The minimum Gasteiger partial charge on any atom is -0.236 e. The van der Waals surface area contributed by atoms with Crippen molar-refractivity contribution >= 4 is 0 Å². The normalized spacial score (nSPS) is 9.60. The molecule has 1 heterocycles. The molecule has 0 atom stereocenters. The van der Waals surface area contributed by atoms with Gasteiger partial charge in [0.25, 0.3) is 0 Å². The Labute approximate surface area is 85.9 Å². The van der Waals surface area contributed by atoms with Gasteiger partial charge >= 0.3 is 0 Å². The standard InChI is InChI=1S/C11H6FN3/c12-9-4-1-3-8(7-13)10(9)11-14-5-2-6-15-11/h1-6H. The highest BCUT2D eigenvalue weighted by molar-refractivity contribution is 5.64. The van der Waals surface area contributed by atoms with E-state index >= 15 is 0 Å². The van der Waals surface area contributed by atoms with Crippen LogP contribution >= 0.6 is 0 Å². The highest BCUT2D eigenvalue weighted by Crippen LogP contribution is 2.22. The number of nitrogens with zero attached hydrogens (tertiary/aromatic N) is 3. The lowest BCUT2D eigenvalue weighted by atomic mass is 10.1. The number of benzene rings is 1. The summed E-state index contributed by atoms with van der Waals surface area (Å²) in [4.78, 5) is 7.83. The molecule has 0 aliphatic heterocycles. The molecule has 2 rings (SSSR count). The second kappa shape index (κ2) is 3.84. The Morgan fingerprint density at radius 3 is 2.53 bits per heavy atom. The summed E-state index contributed by atoms with van der Waals surface area (Å²) in [5.41, 5.74) is 0.391. The van der Waals surface area contributed by atoms with Crippen LogP contribution in [0.5, 0.6) is 0 Å². The smallest absolute Gasteiger partial charge is 0.163 e. The average molecular weight is 199 g/mol. The van der Waals surface area contributed by atoms with E-state index in [1.807, 2.05) is 6.07 Å². The lowest BCUT2D eigenvalue weighted by Gasteiger charge is -2.02. The van der Waals surface area contributed by atoms with Crippen LogP contribution in [0.2, 0.25) is 0 Å². The van der Waals surface area contributed by atoms with E-state index in [9.17, 15) is 4.39 Å². The quantitative estimate of drug-likeness (QED) is 0.707. The summed E-state index contributed by atoms with van der Waals surface area (Å²) in [5, 5.41) is 8.83. The zero-order chi connectivity index (χ0) is 10.7. The van der Waals surface area contributed by atoms with Crippen LogP contribution in [-0.4, -0.2) is 9.97 Å². The molecule has 1 aromatic heterocycles. The van der Waals surface area contributed by atoms with Crippen molar-refractivity contribution in [1.29, 1.82) is 5.26 Å². The molecule has 72 valence electrons. The van der Waals surface area contributed by atoms with Crippen molar-refractivity contribution < 1.29 is 4.39 Å². The van der Waals surface area contributed by atoms with E-state index in [0.717, 1.165) is 0 Å². The van der Waals surface area contributed by atoms with Crippen molar-refractivity contribution in [2.45, 2.75) is 0 Å². The summed E-state index contributed by atoms with van der Waals surface area (Å²) >= 11 is 0. The zero-order valence-corrected chi connectivity index (χ0v) is 7.68. The van der Waals surface area contributed by atoms with Crippen molar-refractivity contribution in [3.8, 4) is 17.5 Å². The first kappa shape index (κ1) is 9.28. The van der Waals surface area contributed by atoms with Gasteiger partial charge < -0.3 is 0 Å². The van der Waals surface area contributed by atoms with E-state index in [2.05, 4.69) is 9.97 Å². The molecule has 0 radical (unpaired) electrons. The molecule has 2 aromatic rings. The Balaban J connectivity index is 2.68. The summed E-state index contributed by atoms with van der Waals surface area (Å²) in [7, 11) is 0. The highest BCUT2D eigenvalue weighted by Gasteiger charge is 2.12. The van der Waals surface area contributed by atoms with Crippen LogP contribution < -0.4 is 0 Å². The molecular weight excluding hydrogens is 193 g/mol. The Morgan fingerprint density at radius 2 is 1.87 bits per heavy atom. The van der Waals surface area contributed by atoms with E-state index < -0.39 is 5.82 Å². The third-order valence-corrected chi connectivity index (χ3v) is 1.92. The average Bonchev–Trinajstić information content (AvgIpc) is 2.29. The van der Waals surface area contributed by atoms with E-state index in [0.29, 0.717) is 0 Å². The monoisotopic (exact) mass is 199 g/mol. The van der Waals surface area contributed by atoms with Gasteiger partial charge in [0, 0.05) is 12.4 Å². The molecule has 1 aromatic carbocycles. The molecule has 0 N–H and O–H groups in total. The number of hydrogen-bond donors (Lipinski definition) is 0. The molecule has 0 fully saturated rings. The minimum atomic E-state index is -0.486. The molecule has 0 amide bonds. The predicted molar refractivity (Wildman–Crippen MR) is 52.1 cm³/mol. The lowest BCUT2D eigenvalue weighted by Crippen LogP contribution is -1.94. The van der Waals surface area contributed by atoms with Crippen LogP contribution in [-0.2, 0) is 0 Å². The van der Waals surface area contributed by atoms with E-state index in [-0.39, 0.29) is 17.0 Å². The molecule has 0 aliphatic rings. The van der Waals surface area contributed by atoms with Gasteiger partial charge in [0.2, 0.25) is 0 Å². The van der Waals surface area contributed by atoms with Gasteiger partial charge in [0.05, 0.1) is 17.2 Å². The van der Waals surface area contributed by atoms with Crippen LogP contribution in [0.1, 0.15) is 5.56 Å². The fourth-order valence-electron chi connectivity index (χ4n) is 1.27. The summed E-state index contributed by atoms with van der Waals surface area (Å²) < 4.78 is 13.5. The zero-order valence-electron chi connectivity index (χ0n) is 7.68. The first-order chi connectivity index (χ1) is 7.33. The van der Waals surface area contributed by atoms with E-state index in [1.54, 1.807) is 6.07 Å². The Bertz CT molecular complexity index is 517. The summed E-state index contributed by atoms with van der Waals surface area (Å²) in [6.45, 7) is 0. The summed E-state index contributed by atoms with van der Waals surface area (Å²) in [6.07, 6.45) is 3.02. The molecule has 15 heavy (non-hydrogen) atoms. The van der Waals surface area contributed by atoms with Gasteiger partial charge in [-0.2, -0.15) is 5.26 Å². The molecule has 0 spiro atoms. The fraction of sp³-hybridized carbons (Fsp3) is 0. The molecule has 0 bridgehead atoms. The third kappa shape index (κ3) is 1.67. The number of halogens is 1. The fourth-order valence-corrected chi connectivity index (χ4v) is 1.27. The van der Waals surface area contributed by atoms with E-state index in [4.69, 9.17) is 5.26 Å². The summed E-state index contributed by atoms with van der Waals surface area (Å²) in [6, 6.07) is 7.86. The Morgan fingerprint density at radius 1 is 1.13 bits per heavy atom. The second-order valence-electron chi connectivity index (χ2n) is 2.85. The highest BCUT2D eigenvalue weighted by atomic mass is 19.1. The van der Waals surface area contributed by atoms with Gasteiger partial charge in [0.15, 0.2) is 5.82 Å². The topological polar surface area (TPSA) is 49.6 Å². The van der Waals surface area contributed by atoms with Gasteiger partial charge in [-0.1, -0.05) is 6.07 Å². The Kier molecular flexibility index (Phi) is 2.38. The number of hydrogen-bond acceptors (Lipinski definition) is 3. The van der Waals surface area contributed by atoms with Crippen LogP contribution in [0.25, 0.3) is 11.4 Å². The van der Waals surface area contributed by atoms with Gasteiger partial charge in [-0.05, 0) is 18.2 Å². The molecule has 0 aliphatic carbocycles. The van der Waals surface area contributed by atoms with Gasteiger partial charge in [0.1, 0.15) is 5.82 Å². The van der Waals surface area contributed by atoms with Crippen molar-refractivity contribution in [2.24, 2.45) is 0 Å². The van der Waals surface area contributed by atoms with Crippen molar-refractivity contribution in [1.82, 2.24) is 9.97 Å². The van der Waals surface area contributed by atoms with Crippen molar-refractivity contribution in [3.63, 3.8) is 0 Å². The molecule has 0 saturated heterocycles. The van der Waals surface area contributed by atoms with Crippen LogP contribution in [0, 0.1) is 17.1 Å².